The van der Waals surface area contributed by atoms with E-state index in [4.69, 9.17) is 21.8 Å². The van der Waals surface area contributed by atoms with Crippen LogP contribution >= 0.6 is 31.9 Å². The normalized spacial score (nSPS) is 22.6. The van der Waals surface area contributed by atoms with Crippen LogP contribution < -0.4 is 27.4 Å². The summed E-state index contributed by atoms with van der Waals surface area (Å²) in [6.07, 6.45) is 8.93. The van der Waals surface area contributed by atoms with Gasteiger partial charge in [-0.1, -0.05) is 13.8 Å². The Morgan fingerprint density at radius 3 is 1.69 bits per heavy atom. The summed E-state index contributed by atoms with van der Waals surface area (Å²) in [5, 5.41) is 44.4. The minimum Gasteiger partial charge on any atom is -0.480 e. The number of rotatable bonds is 8. The molecule has 0 bridgehead atoms. The molecule has 17 nitrogen and oxygen atoms in total. The Labute approximate surface area is 332 Å². The number of carbonyl (C=O) groups excluding carboxylic acids is 3. The molecular weight excluding hydrogens is 840 g/mol. The standard InChI is InChI=1S/C18H19BrN6O2.C13H16BrN5O.C5H5NO2/c1-10-6-24(17(27)18(9-20)2-3-18)8-13(10)23-15-12(16(21)26)5-22-25-7-11(19)4-14(15)25;1-7-3-16-5-10(7)18-12-9(13(15)20)4-17-19-6-8(14)2-11(12)19;6-3-5(1-2-5)4(7)8/h4-5,7,10,13,23H,2-3,6,8H2,1H3,(H2,21,26);2,4,6-7,10,16,18H,3,5H2,1H3,(H2,15,20);1-2H2,(H,7,8)/t10-,13+;7-,10+;/m00./s1. The lowest BCUT2D eigenvalue weighted by molar-refractivity contribution is -0.141. The van der Waals surface area contributed by atoms with Crippen molar-refractivity contribution in [3.63, 3.8) is 0 Å². The van der Waals surface area contributed by atoms with E-state index in [-0.39, 0.29) is 23.9 Å². The number of carboxylic acids is 1. The predicted molar refractivity (Wildman–Crippen MR) is 208 cm³/mol. The molecular formula is C36H40Br2N12O5. The van der Waals surface area contributed by atoms with Crippen LogP contribution in [0.15, 0.2) is 45.9 Å². The van der Waals surface area contributed by atoms with Gasteiger partial charge in [0.2, 0.25) is 5.91 Å². The van der Waals surface area contributed by atoms with Crippen LogP contribution in [0.3, 0.4) is 0 Å². The number of primary amides is 2. The highest BCUT2D eigenvalue weighted by molar-refractivity contribution is 9.10. The number of aromatic nitrogens is 4. The van der Waals surface area contributed by atoms with E-state index in [1.807, 2.05) is 25.3 Å². The zero-order valence-electron chi connectivity index (χ0n) is 30.1. The van der Waals surface area contributed by atoms with Gasteiger partial charge in [-0.2, -0.15) is 20.7 Å². The number of halogens is 2. The van der Waals surface area contributed by atoms with E-state index < -0.39 is 28.6 Å². The molecule has 2 aliphatic carbocycles. The lowest BCUT2D eigenvalue weighted by Gasteiger charge is -2.21. The molecule has 2 saturated heterocycles. The number of carbonyl (C=O) groups is 4. The van der Waals surface area contributed by atoms with E-state index in [0.717, 1.165) is 38.8 Å². The van der Waals surface area contributed by atoms with Gasteiger partial charge in [0.05, 0.1) is 58.1 Å². The monoisotopic (exact) mass is 878 g/mol. The van der Waals surface area contributed by atoms with Crippen LogP contribution in [0.5, 0.6) is 0 Å². The summed E-state index contributed by atoms with van der Waals surface area (Å²) in [6, 6.07) is 7.92. The van der Waals surface area contributed by atoms with Crippen molar-refractivity contribution in [2.45, 2.75) is 51.6 Å². The SMILES string of the molecule is C[C@H]1CN(C(=O)C2(C#N)CC2)C[C@H]1Nc1c(C(N)=O)cnn2cc(Br)cc12.C[C@H]1CNC[C@H]1Nc1c(C(N)=O)cnn2cc(Br)cc12.N#CC1(C(=O)O)CC1. The lowest BCUT2D eigenvalue weighted by atomic mass is 10.1. The number of hydrogen-bond donors (Lipinski definition) is 6. The summed E-state index contributed by atoms with van der Waals surface area (Å²) in [6.45, 7) is 7.13. The summed E-state index contributed by atoms with van der Waals surface area (Å²) in [5.41, 5.74) is 12.9. The maximum absolute atomic E-state index is 12.7. The number of amides is 3. The second-order valence-corrected chi connectivity index (χ2v) is 16.4. The van der Waals surface area contributed by atoms with Gasteiger partial charge in [-0.05, 0) is 88.1 Å². The third kappa shape index (κ3) is 8.10. The van der Waals surface area contributed by atoms with Crippen LogP contribution in [0, 0.1) is 45.3 Å². The molecule has 0 spiro atoms. The zero-order chi connectivity index (χ0) is 39.8. The van der Waals surface area contributed by atoms with E-state index >= 15 is 0 Å². The van der Waals surface area contributed by atoms with Gasteiger partial charge in [0.15, 0.2) is 5.41 Å². The van der Waals surface area contributed by atoms with Crippen molar-refractivity contribution >= 4 is 78.0 Å². The number of fused-ring (bicyclic) bond motifs is 2. The number of nitrogens with two attached hydrogens (primary N) is 2. The molecule has 0 unspecified atom stereocenters. The van der Waals surface area contributed by atoms with Gasteiger partial charge in [0, 0.05) is 53.1 Å². The van der Waals surface area contributed by atoms with Crippen molar-refractivity contribution in [1.29, 1.82) is 10.5 Å². The minimum atomic E-state index is -0.986. The van der Waals surface area contributed by atoms with Crippen LogP contribution in [-0.2, 0) is 9.59 Å². The average Bonchev–Trinajstić information content (AvgIpc) is 3.94. The first-order valence-electron chi connectivity index (χ1n) is 17.6. The quantitative estimate of drug-likeness (QED) is 0.149. The van der Waals surface area contributed by atoms with E-state index in [1.165, 1.54) is 12.4 Å². The van der Waals surface area contributed by atoms with Gasteiger partial charge in [-0.15, -0.1) is 0 Å². The van der Waals surface area contributed by atoms with Crippen molar-refractivity contribution in [3.8, 4) is 12.1 Å². The van der Waals surface area contributed by atoms with Crippen LogP contribution in [-0.4, -0.2) is 91.2 Å². The minimum absolute atomic E-state index is 0.0542. The van der Waals surface area contributed by atoms with Crippen LogP contribution in [0.2, 0.25) is 0 Å². The third-order valence-electron chi connectivity index (χ3n) is 10.6. The molecule has 0 radical (unpaired) electrons. The second-order valence-electron chi connectivity index (χ2n) is 14.6. The largest absolute Gasteiger partial charge is 0.480 e. The maximum atomic E-state index is 12.7. The number of nitrogens with zero attached hydrogens (tertiary/aromatic N) is 7. The number of nitrogens with one attached hydrogen (secondary N) is 3. The van der Waals surface area contributed by atoms with Gasteiger partial charge in [-0.25, -0.2) is 9.03 Å². The highest BCUT2D eigenvalue weighted by Crippen LogP contribution is 2.47. The van der Waals surface area contributed by atoms with Gasteiger partial charge in [-0.3, -0.25) is 19.2 Å². The molecule has 4 aromatic heterocycles. The summed E-state index contributed by atoms with van der Waals surface area (Å²) >= 11 is 6.85. The molecule has 2 aliphatic heterocycles. The highest BCUT2D eigenvalue weighted by atomic mass is 79.9. The molecule has 4 aromatic rings. The van der Waals surface area contributed by atoms with Crippen LogP contribution in [0.4, 0.5) is 11.4 Å². The molecule has 3 amide bonds. The van der Waals surface area contributed by atoms with E-state index in [0.29, 0.717) is 61.5 Å². The van der Waals surface area contributed by atoms with Crippen LogP contribution in [0.1, 0.15) is 60.2 Å². The maximum Gasteiger partial charge on any atom is 0.324 e. The molecule has 0 aromatic carbocycles. The van der Waals surface area contributed by atoms with Crippen LogP contribution in [0.25, 0.3) is 11.0 Å². The van der Waals surface area contributed by atoms with Gasteiger partial charge in [0.1, 0.15) is 5.41 Å². The lowest BCUT2D eigenvalue weighted by Crippen LogP contribution is -2.36. The first-order chi connectivity index (χ1) is 26.1. The summed E-state index contributed by atoms with van der Waals surface area (Å²) in [7, 11) is 0. The molecule has 8 rings (SSSR count). The van der Waals surface area contributed by atoms with E-state index in [9.17, 15) is 24.4 Å². The van der Waals surface area contributed by atoms with Gasteiger partial charge >= 0.3 is 5.97 Å². The Morgan fingerprint density at radius 1 is 0.818 bits per heavy atom. The van der Waals surface area contributed by atoms with E-state index in [1.54, 1.807) is 26.2 Å². The van der Waals surface area contributed by atoms with Crippen molar-refractivity contribution < 1.29 is 24.3 Å². The predicted octanol–water partition coefficient (Wildman–Crippen LogP) is 3.35. The summed E-state index contributed by atoms with van der Waals surface area (Å²) < 4.78 is 5.13. The molecule has 288 valence electrons. The summed E-state index contributed by atoms with van der Waals surface area (Å²) in [5.74, 6) is -1.44. The molecule has 55 heavy (non-hydrogen) atoms. The molecule has 4 fully saturated rings. The molecule has 8 N–H and O–H groups in total. The average molecular weight is 881 g/mol. The Hall–Kier alpha value is -5.24. The smallest absolute Gasteiger partial charge is 0.324 e. The molecule has 2 saturated carbocycles. The van der Waals surface area contributed by atoms with Crippen molar-refractivity contribution in [1.82, 2.24) is 29.4 Å². The fraction of sp³-hybridized carbons (Fsp3) is 0.444. The molecule has 6 heterocycles. The molecule has 4 atom stereocenters. The molecule has 4 aliphatic rings. The number of hydrogen-bond acceptors (Lipinski definition) is 11. The highest BCUT2D eigenvalue weighted by Gasteiger charge is 2.54. The summed E-state index contributed by atoms with van der Waals surface area (Å²) in [4.78, 5) is 48.1. The number of carboxylic acid groups (broad SMARTS) is 1. The topological polar surface area (TPSA) is 262 Å². The van der Waals surface area contributed by atoms with Crippen molar-refractivity contribution in [2.75, 3.05) is 36.8 Å². The number of aliphatic carboxylic acids is 1. The Kier molecular flexibility index (Phi) is 11.1. The van der Waals surface area contributed by atoms with Gasteiger partial charge in [0.25, 0.3) is 11.8 Å². The number of likely N-dealkylation sites (tertiary alicyclic amines) is 1. The van der Waals surface area contributed by atoms with E-state index in [2.05, 4.69) is 71.0 Å². The van der Waals surface area contributed by atoms with Crippen molar-refractivity contribution in [3.05, 3.63) is 57.0 Å². The first-order valence-corrected chi connectivity index (χ1v) is 19.2. The Morgan fingerprint density at radius 2 is 1.31 bits per heavy atom. The first kappa shape index (κ1) is 39.5. The molecule has 19 heteroatoms. The zero-order valence-corrected chi connectivity index (χ0v) is 33.2. The third-order valence-corrected chi connectivity index (χ3v) is 11.4. The fourth-order valence-electron chi connectivity index (χ4n) is 6.72. The Balaban J connectivity index is 0.000000160. The number of anilines is 2. The fourth-order valence-corrected chi connectivity index (χ4v) is 7.54. The number of nitriles is 2. The van der Waals surface area contributed by atoms with Gasteiger partial charge < -0.3 is 37.4 Å². The van der Waals surface area contributed by atoms with Crippen molar-refractivity contribution in [2.24, 2.45) is 34.1 Å². The Bertz CT molecular complexity index is 2270. The second kappa shape index (κ2) is 15.5.